The van der Waals surface area contributed by atoms with Crippen LogP contribution in [-0.4, -0.2) is 22.2 Å². The number of hydrogen-bond donors (Lipinski definition) is 1. The molecule has 6 nitrogen and oxygen atoms in total. The Hall–Kier alpha value is -3.59. The van der Waals surface area contributed by atoms with Crippen LogP contribution in [0.4, 0.5) is 0 Å². The van der Waals surface area contributed by atoms with Crippen molar-refractivity contribution in [3.05, 3.63) is 59.3 Å². The van der Waals surface area contributed by atoms with Crippen molar-refractivity contribution in [2.45, 2.75) is 0 Å². The van der Waals surface area contributed by atoms with Crippen molar-refractivity contribution in [1.82, 2.24) is 15.4 Å². The molecule has 2 heterocycles. The summed E-state index contributed by atoms with van der Waals surface area (Å²) in [4.78, 5) is 0. The van der Waals surface area contributed by atoms with Crippen molar-refractivity contribution >= 4 is 12.2 Å². The van der Waals surface area contributed by atoms with E-state index in [0.717, 1.165) is 28.2 Å². The molecule has 0 aliphatic carbocycles. The summed E-state index contributed by atoms with van der Waals surface area (Å²) < 4.78 is 10.7. The Bertz CT molecular complexity index is 969. The molecule has 0 saturated carbocycles. The Labute approximate surface area is 138 Å². The monoisotopic (exact) mass is 316 g/mol. The molecule has 0 bridgehead atoms. The van der Waals surface area contributed by atoms with Gasteiger partial charge in [-0.25, -0.2) is 5.10 Å². The molecular formula is C18H12N4O2. The van der Waals surface area contributed by atoms with Crippen LogP contribution in [0, 0.1) is 11.3 Å². The standard InChI is InChI=1S/C18H12N4O2/c19-10-15-18(21-22-20-15)14-3-1-2-12(8-14)4-5-13-6-7-16-17(9-13)24-11-23-16/h1-9H,11H2,(H,20,21,22)/b5-4+. The molecule has 0 unspecified atom stereocenters. The van der Waals surface area contributed by atoms with Gasteiger partial charge in [0.2, 0.25) is 6.79 Å². The number of aromatic amines is 1. The van der Waals surface area contributed by atoms with Crippen LogP contribution in [0.2, 0.25) is 0 Å². The summed E-state index contributed by atoms with van der Waals surface area (Å²) in [6.45, 7) is 0.267. The normalized spacial score (nSPS) is 12.5. The Morgan fingerprint density at radius 1 is 1.04 bits per heavy atom. The lowest BCUT2D eigenvalue weighted by Gasteiger charge is -2.00. The minimum atomic E-state index is 0.267. The fourth-order valence-corrected chi connectivity index (χ4v) is 2.51. The van der Waals surface area contributed by atoms with Gasteiger partial charge in [-0.05, 0) is 29.3 Å². The first kappa shape index (κ1) is 14.0. The fourth-order valence-electron chi connectivity index (χ4n) is 2.51. The lowest BCUT2D eigenvalue weighted by atomic mass is 10.1. The first-order valence-electron chi connectivity index (χ1n) is 7.33. The molecule has 116 valence electrons. The van der Waals surface area contributed by atoms with Gasteiger partial charge in [0.25, 0.3) is 0 Å². The zero-order valence-electron chi connectivity index (χ0n) is 12.6. The molecule has 1 aliphatic heterocycles. The van der Waals surface area contributed by atoms with E-state index in [1.165, 1.54) is 0 Å². The summed E-state index contributed by atoms with van der Waals surface area (Å²) in [6.07, 6.45) is 3.99. The summed E-state index contributed by atoms with van der Waals surface area (Å²) in [5, 5.41) is 19.3. The number of aromatic nitrogens is 3. The van der Waals surface area contributed by atoms with Crippen molar-refractivity contribution in [2.75, 3.05) is 6.79 Å². The van der Waals surface area contributed by atoms with Crippen molar-refractivity contribution in [1.29, 1.82) is 5.26 Å². The Morgan fingerprint density at radius 2 is 1.88 bits per heavy atom. The number of benzene rings is 2. The number of H-pyrrole nitrogens is 1. The van der Waals surface area contributed by atoms with E-state index in [1.54, 1.807) is 0 Å². The second-order valence-electron chi connectivity index (χ2n) is 5.22. The van der Waals surface area contributed by atoms with E-state index in [0.29, 0.717) is 11.4 Å². The summed E-state index contributed by atoms with van der Waals surface area (Å²) in [7, 11) is 0. The lowest BCUT2D eigenvalue weighted by Crippen LogP contribution is -1.92. The molecule has 4 rings (SSSR count). The van der Waals surface area contributed by atoms with E-state index in [1.807, 2.05) is 54.6 Å². The van der Waals surface area contributed by atoms with E-state index < -0.39 is 0 Å². The molecule has 24 heavy (non-hydrogen) atoms. The van der Waals surface area contributed by atoms with Crippen molar-refractivity contribution in [3.8, 4) is 28.8 Å². The Kier molecular flexibility index (Phi) is 3.45. The highest BCUT2D eigenvalue weighted by Crippen LogP contribution is 2.33. The highest BCUT2D eigenvalue weighted by Gasteiger charge is 2.12. The molecular weight excluding hydrogens is 304 g/mol. The maximum Gasteiger partial charge on any atom is 0.231 e. The summed E-state index contributed by atoms with van der Waals surface area (Å²) >= 11 is 0. The number of nitrogens with zero attached hydrogens (tertiary/aromatic N) is 3. The SMILES string of the molecule is N#Cc1[nH]nnc1-c1cccc(/C=C/c2ccc3c(c2)OCO3)c1. The summed E-state index contributed by atoms with van der Waals surface area (Å²) in [5.74, 6) is 1.52. The quantitative estimate of drug-likeness (QED) is 0.750. The smallest absolute Gasteiger partial charge is 0.231 e. The fraction of sp³-hybridized carbons (Fsp3) is 0.0556. The van der Waals surface area contributed by atoms with E-state index in [4.69, 9.17) is 14.7 Å². The minimum Gasteiger partial charge on any atom is -0.454 e. The van der Waals surface area contributed by atoms with Gasteiger partial charge in [-0.2, -0.15) is 5.26 Å². The predicted octanol–water partition coefficient (Wildman–Crippen LogP) is 3.24. The third-order valence-electron chi connectivity index (χ3n) is 3.69. The van der Waals surface area contributed by atoms with Crippen LogP contribution in [0.5, 0.6) is 11.5 Å². The van der Waals surface area contributed by atoms with Crippen LogP contribution < -0.4 is 9.47 Å². The zero-order valence-corrected chi connectivity index (χ0v) is 12.6. The van der Waals surface area contributed by atoms with Gasteiger partial charge in [0, 0.05) is 5.56 Å². The highest BCUT2D eigenvalue weighted by molar-refractivity contribution is 5.74. The average Bonchev–Trinajstić information content (AvgIpc) is 3.28. The lowest BCUT2D eigenvalue weighted by molar-refractivity contribution is 0.174. The molecule has 1 N–H and O–H groups in total. The largest absolute Gasteiger partial charge is 0.454 e. The van der Waals surface area contributed by atoms with Gasteiger partial charge in [0.05, 0.1) is 0 Å². The Balaban J connectivity index is 1.61. The molecule has 0 saturated heterocycles. The number of hydrogen-bond acceptors (Lipinski definition) is 5. The van der Waals surface area contributed by atoms with Crippen LogP contribution in [0.25, 0.3) is 23.4 Å². The highest BCUT2D eigenvalue weighted by atomic mass is 16.7. The number of nitrogens with one attached hydrogen (secondary N) is 1. The molecule has 6 heteroatoms. The van der Waals surface area contributed by atoms with E-state index in [9.17, 15) is 0 Å². The first-order valence-corrected chi connectivity index (χ1v) is 7.33. The van der Waals surface area contributed by atoms with Gasteiger partial charge >= 0.3 is 0 Å². The van der Waals surface area contributed by atoms with Gasteiger partial charge in [0.15, 0.2) is 17.2 Å². The van der Waals surface area contributed by atoms with Crippen LogP contribution in [-0.2, 0) is 0 Å². The number of rotatable bonds is 3. The number of fused-ring (bicyclic) bond motifs is 1. The van der Waals surface area contributed by atoms with E-state index in [2.05, 4.69) is 21.5 Å². The number of nitriles is 1. The van der Waals surface area contributed by atoms with Gasteiger partial charge in [0.1, 0.15) is 11.8 Å². The molecule has 2 aromatic carbocycles. The topological polar surface area (TPSA) is 83.8 Å². The van der Waals surface area contributed by atoms with Gasteiger partial charge in [-0.1, -0.05) is 41.6 Å². The third-order valence-corrected chi connectivity index (χ3v) is 3.69. The molecule has 1 aliphatic rings. The van der Waals surface area contributed by atoms with Crippen LogP contribution >= 0.6 is 0 Å². The molecule has 1 aromatic heterocycles. The minimum absolute atomic E-state index is 0.267. The molecule has 0 radical (unpaired) electrons. The van der Waals surface area contributed by atoms with Crippen LogP contribution in [0.1, 0.15) is 16.8 Å². The summed E-state index contributed by atoms with van der Waals surface area (Å²) in [5.41, 5.74) is 3.76. The van der Waals surface area contributed by atoms with Crippen molar-refractivity contribution < 1.29 is 9.47 Å². The molecule has 0 spiro atoms. The second-order valence-corrected chi connectivity index (χ2v) is 5.22. The van der Waals surface area contributed by atoms with Crippen LogP contribution in [0.15, 0.2) is 42.5 Å². The summed E-state index contributed by atoms with van der Waals surface area (Å²) in [6, 6.07) is 15.6. The maximum atomic E-state index is 9.07. The molecule has 0 atom stereocenters. The third kappa shape index (κ3) is 2.59. The first-order chi connectivity index (χ1) is 11.8. The predicted molar refractivity (Wildman–Crippen MR) is 88.0 cm³/mol. The van der Waals surface area contributed by atoms with Gasteiger partial charge in [-0.3, -0.25) is 0 Å². The molecule has 3 aromatic rings. The van der Waals surface area contributed by atoms with Crippen molar-refractivity contribution in [2.24, 2.45) is 0 Å². The maximum absolute atomic E-state index is 9.07. The molecule has 0 fully saturated rings. The van der Waals surface area contributed by atoms with Crippen molar-refractivity contribution in [3.63, 3.8) is 0 Å². The zero-order chi connectivity index (χ0) is 16.4. The van der Waals surface area contributed by atoms with Gasteiger partial charge < -0.3 is 9.47 Å². The molecule has 0 amide bonds. The van der Waals surface area contributed by atoms with E-state index in [-0.39, 0.29) is 6.79 Å². The Morgan fingerprint density at radius 3 is 2.75 bits per heavy atom. The number of ether oxygens (including phenoxy) is 2. The van der Waals surface area contributed by atoms with Crippen LogP contribution in [0.3, 0.4) is 0 Å². The average molecular weight is 316 g/mol. The second kappa shape index (κ2) is 5.89. The van der Waals surface area contributed by atoms with E-state index >= 15 is 0 Å². The van der Waals surface area contributed by atoms with Gasteiger partial charge in [-0.15, -0.1) is 5.10 Å².